The molecule has 5 heteroatoms. The maximum atomic E-state index is 12.1. The summed E-state index contributed by atoms with van der Waals surface area (Å²) in [6.07, 6.45) is 0.982. The third kappa shape index (κ3) is 3.15. The summed E-state index contributed by atoms with van der Waals surface area (Å²) in [5.74, 6) is -0.556. The number of nitrogens with one attached hydrogen (secondary N) is 1. The zero-order valence-electron chi connectivity index (χ0n) is 11.5. The van der Waals surface area contributed by atoms with E-state index in [1.807, 2.05) is 6.07 Å². The normalized spacial score (nSPS) is 23.1. The summed E-state index contributed by atoms with van der Waals surface area (Å²) in [6.45, 7) is 4.11. The van der Waals surface area contributed by atoms with Crippen molar-refractivity contribution in [3.8, 4) is 0 Å². The Morgan fingerprint density at radius 2 is 2.00 bits per heavy atom. The Kier molecular flexibility index (Phi) is 4.71. The van der Waals surface area contributed by atoms with E-state index in [2.05, 4.69) is 19.2 Å². The second kappa shape index (κ2) is 6.15. The van der Waals surface area contributed by atoms with Crippen molar-refractivity contribution < 1.29 is 9.59 Å². The molecule has 1 aliphatic heterocycles. The van der Waals surface area contributed by atoms with Gasteiger partial charge in [-0.25, -0.2) is 0 Å². The van der Waals surface area contributed by atoms with Crippen LogP contribution in [0.3, 0.4) is 0 Å². The topological polar surface area (TPSA) is 46.2 Å². The summed E-state index contributed by atoms with van der Waals surface area (Å²) in [4.78, 5) is 23.8. The number of rotatable bonds is 3. The smallest absolute Gasteiger partial charge is 0.230 e. The van der Waals surface area contributed by atoms with Crippen LogP contribution >= 0.6 is 23.2 Å². The Morgan fingerprint density at radius 1 is 1.30 bits per heavy atom. The van der Waals surface area contributed by atoms with Crippen LogP contribution in [-0.2, 0) is 9.59 Å². The molecule has 0 spiro atoms. The molecule has 2 rings (SSSR count). The van der Waals surface area contributed by atoms with Crippen molar-refractivity contribution in [1.29, 1.82) is 0 Å². The van der Waals surface area contributed by atoms with E-state index in [-0.39, 0.29) is 30.1 Å². The number of hydrogen-bond acceptors (Lipinski definition) is 2. The van der Waals surface area contributed by atoms with Gasteiger partial charge in [0, 0.05) is 18.3 Å². The van der Waals surface area contributed by atoms with Gasteiger partial charge in [0.2, 0.25) is 11.8 Å². The summed E-state index contributed by atoms with van der Waals surface area (Å²) >= 11 is 12.3. The van der Waals surface area contributed by atoms with E-state index >= 15 is 0 Å². The molecule has 0 saturated carbocycles. The molecule has 1 aliphatic rings. The van der Waals surface area contributed by atoms with Crippen LogP contribution in [0.5, 0.6) is 0 Å². The maximum absolute atomic E-state index is 12.1. The van der Waals surface area contributed by atoms with Gasteiger partial charge in [-0.15, -0.1) is 0 Å². The minimum atomic E-state index is -0.254. The predicted molar refractivity (Wildman–Crippen MR) is 79.9 cm³/mol. The average molecular weight is 314 g/mol. The van der Waals surface area contributed by atoms with Crippen molar-refractivity contribution in [2.45, 2.75) is 32.6 Å². The quantitative estimate of drug-likeness (QED) is 0.863. The molecule has 3 nitrogen and oxygen atoms in total. The lowest BCUT2D eigenvalue weighted by Gasteiger charge is -2.32. The van der Waals surface area contributed by atoms with Crippen molar-refractivity contribution in [2.75, 3.05) is 0 Å². The molecule has 0 aliphatic carbocycles. The molecular weight excluding hydrogens is 297 g/mol. The number of piperidine rings is 1. The Balaban J connectivity index is 2.40. The Hall–Kier alpha value is -1.06. The summed E-state index contributed by atoms with van der Waals surface area (Å²) in [5, 5.41) is 3.30. The molecule has 1 aromatic carbocycles. The number of halogens is 2. The molecule has 2 atom stereocenters. The highest BCUT2D eigenvalue weighted by Gasteiger charge is 2.38. The first-order valence-electron chi connectivity index (χ1n) is 6.67. The van der Waals surface area contributed by atoms with Crippen molar-refractivity contribution in [3.63, 3.8) is 0 Å². The van der Waals surface area contributed by atoms with Gasteiger partial charge in [-0.1, -0.05) is 49.2 Å². The number of carbonyl (C=O) groups is 2. The third-order valence-electron chi connectivity index (χ3n) is 3.60. The number of hydrogen-bond donors (Lipinski definition) is 1. The van der Waals surface area contributed by atoms with Gasteiger partial charge in [0.05, 0.1) is 10.0 Å². The van der Waals surface area contributed by atoms with E-state index in [1.54, 1.807) is 12.1 Å². The van der Waals surface area contributed by atoms with Crippen LogP contribution < -0.4 is 5.32 Å². The number of imide groups is 1. The highest BCUT2D eigenvalue weighted by molar-refractivity contribution is 6.42. The van der Waals surface area contributed by atoms with Gasteiger partial charge in [0.25, 0.3) is 0 Å². The molecule has 2 unspecified atom stereocenters. The van der Waals surface area contributed by atoms with Crippen LogP contribution in [0.1, 0.15) is 38.2 Å². The molecule has 1 heterocycles. The zero-order valence-corrected chi connectivity index (χ0v) is 13.0. The van der Waals surface area contributed by atoms with Crippen molar-refractivity contribution in [1.82, 2.24) is 5.32 Å². The highest BCUT2D eigenvalue weighted by Crippen LogP contribution is 2.40. The van der Waals surface area contributed by atoms with E-state index < -0.39 is 0 Å². The fourth-order valence-electron chi connectivity index (χ4n) is 2.72. The molecule has 2 amide bonds. The number of carbonyl (C=O) groups excluding carboxylic acids is 2. The monoisotopic (exact) mass is 313 g/mol. The first kappa shape index (κ1) is 15.3. The van der Waals surface area contributed by atoms with Gasteiger partial charge in [-0.3, -0.25) is 14.9 Å². The van der Waals surface area contributed by atoms with Gasteiger partial charge in [-0.05, 0) is 24.0 Å². The Bertz CT molecular complexity index is 543. The highest BCUT2D eigenvalue weighted by atomic mass is 35.5. The lowest BCUT2D eigenvalue weighted by atomic mass is 9.76. The molecule has 1 saturated heterocycles. The molecule has 0 aromatic heterocycles. The van der Waals surface area contributed by atoms with E-state index in [0.717, 1.165) is 5.56 Å². The second-order valence-electron chi connectivity index (χ2n) is 5.60. The standard InChI is InChI=1S/C15H17Cl2NO2/c1-8(2)6-11-10(7-13(19)18-15(11)20)9-4-3-5-12(16)14(9)17/h3-5,8,10-11H,6-7H2,1-2H3,(H,18,19,20). The molecule has 1 aromatic rings. The molecule has 0 radical (unpaired) electrons. The van der Waals surface area contributed by atoms with Crippen LogP contribution in [0, 0.1) is 11.8 Å². The largest absolute Gasteiger partial charge is 0.296 e. The predicted octanol–water partition coefficient (Wildman–Crippen LogP) is 3.79. The molecule has 0 bridgehead atoms. The minimum absolute atomic E-state index is 0.204. The van der Waals surface area contributed by atoms with Crippen LogP contribution in [0.4, 0.5) is 0 Å². The molecule has 1 N–H and O–H groups in total. The van der Waals surface area contributed by atoms with Gasteiger partial charge in [0.1, 0.15) is 0 Å². The van der Waals surface area contributed by atoms with E-state index in [4.69, 9.17) is 23.2 Å². The van der Waals surface area contributed by atoms with E-state index in [1.165, 1.54) is 0 Å². The lowest BCUT2D eigenvalue weighted by molar-refractivity contribution is -0.137. The van der Waals surface area contributed by atoms with E-state index in [9.17, 15) is 9.59 Å². The summed E-state index contributed by atoms with van der Waals surface area (Å²) in [5.41, 5.74) is 0.785. The van der Waals surface area contributed by atoms with Gasteiger partial charge in [0.15, 0.2) is 0 Å². The van der Waals surface area contributed by atoms with Gasteiger partial charge < -0.3 is 0 Å². The fourth-order valence-corrected chi connectivity index (χ4v) is 3.17. The van der Waals surface area contributed by atoms with Crippen LogP contribution in [-0.4, -0.2) is 11.8 Å². The molecule has 108 valence electrons. The van der Waals surface area contributed by atoms with E-state index in [0.29, 0.717) is 22.4 Å². The summed E-state index contributed by atoms with van der Waals surface area (Å²) in [7, 11) is 0. The van der Waals surface area contributed by atoms with Gasteiger partial charge >= 0.3 is 0 Å². The lowest BCUT2D eigenvalue weighted by Crippen LogP contribution is -2.45. The molecular formula is C15H17Cl2NO2. The summed E-state index contributed by atoms with van der Waals surface area (Å²) < 4.78 is 0. The fraction of sp³-hybridized carbons (Fsp3) is 0.467. The SMILES string of the molecule is CC(C)CC1C(=O)NC(=O)CC1c1cccc(Cl)c1Cl. The van der Waals surface area contributed by atoms with Crippen LogP contribution in [0.2, 0.25) is 10.0 Å². The third-order valence-corrected chi connectivity index (χ3v) is 4.43. The second-order valence-corrected chi connectivity index (χ2v) is 6.39. The number of benzene rings is 1. The molecule has 20 heavy (non-hydrogen) atoms. The van der Waals surface area contributed by atoms with Crippen molar-refractivity contribution in [2.24, 2.45) is 11.8 Å². The first-order valence-corrected chi connectivity index (χ1v) is 7.43. The zero-order chi connectivity index (χ0) is 14.9. The van der Waals surface area contributed by atoms with Crippen LogP contribution in [0.15, 0.2) is 18.2 Å². The van der Waals surface area contributed by atoms with Crippen molar-refractivity contribution in [3.05, 3.63) is 33.8 Å². The Labute approximate surface area is 128 Å². The minimum Gasteiger partial charge on any atom is -0.296 e. The number of amides is 2. The van der Waals surface area contributed by atoms with Gasteiger partial charge in [-0.2, -0.15) is 0 Å². The van der Waals surface area contributed by atoms with Crippen molar-refractivity contribution >= 4 is 35.0 Å². The molecule has 1 fully saturated rings. The summed E-state index contributed by atoms with van der Waals surface area (Å²) in [6, 6.07) is 5.35. The van der Waals surface area contributed by atoms with Crippen LogP contribution in [0.25, 0.3) is 0 Å². The first-order chi connectivity index (χ1) is 9.40. The average Bonchev–Trinajstić information content (AvgIpc) is 2.35. The Morgan fingerprint density at radius 3 is 2.65 bits per heavy atom. The maximum Gasteiger partial charge on any atom is 0.230 e.